The van der Waals surface area contributed by atoms with Crippen molar-refractivity contribution in [2.75, 3.05) is 23.8 Å². The van der Waals surface area contributed by atoms with E-state index in [4.69, 9.17) is 0 Å². The fourth-order valence-corrected chi connectivity index (χ4v) is 3.97. The molecular formula is C16H21N7. The summed E-state index contributed by atoms with van der Waals surface area (Å²) in [6.07, 6.45) is 5.60. The number of hydrogen-bond donors (Lipinski definition) is 3. The fourth-order valence-electron chi connectivity index (χ4n) is 3.97. The lowest BCUT2D eigenvalue weighted by Crippen LogP contribution is -2.51. The van der Waals surface area contributed by atoms with Crippen molar-refractivity contribution in [2.45, 2.75) is 37.3 Å². The number of aromatic nitrogens is 4. The van der Waals surface area contributed by atoms with Gasteiger partial charge in [0.2, 0.25) is 5.95 Å². The van der Waals surface area contributed by atoms with Crippen LogP contribution < -0.4 is 15.5 Å². The first-order chi connectivity index (χ1) is 11.3. The molecule has 0 unspecified atom stereocenters. The first kappa shape index (κ1) is 13.3. The smallest absolute Gasteiger partial charge is 0.227 e. The zero-order valence-corrected chi connectivity index (χ0v) is 13.2. The minimum atomic E-state index is 0.534. The third-order valence-electron chi connectivity index (χ3n) is 5.40. The summed E-state index contributed by atoms with van der Waals surface area (Å²) in [5.41, 5.74) is 1.22. The summed E-state index contributed by atoms with van der Waals surface area (Å²) in [6, 6.07) is 5.10. The molecule has 2 aliphatic carbocycles. The molecule has 6 rings (SSSR count). The second-order valence-corrected chi connectivity index (χ2v) is 6.88. The van der Waals surface area contributed by atoms with Gasteiger partial charge in [0.15, 0.2) is 5.82 Å². The van der Waals surface area contributed by atoms with E-state index in [0.717, 1.165) is 30.0 Å². The molecule has 2 bridgehead atoms. The number of fused-ring (bicyclic) bond motifs is 1. The number of hydrogen-bond acceptors (Lipinski definition) is 6. The highest BCUT2D eigenvalue weighted by Gasteiger charge is 2.52. The Balaban J connectivity index is 1.33. The summed E-state index contributed by atoms with van der Waals surface area (Å²) in [7, 11) is 2.04. The van der Waals surface area contributed by atoms with Crippen molar-refractivity contribution >= 4 is 17.6 Å². The maximum absolute atomic E-state index is 4.69. The summed E-state index contributed by atoms with van der Waals surface area (Å²) in [5.74, 6) is 3.86. The van der Waals surface area contributed by atoms with Gasteiger partial charge in [-0.05, 0) is 38.3 Å². The van der Waals surface area contributed by atoms with Crippen LogP contribution in [0.15, 0.2) is 18.3 Å². The average Bonchev–Trinajstić information content (AvgIpc) is 2.99. The third-order valence-corrected chi connectivity index (χ3v) is 5.40. The van der Waals surface area contributed by atoms with E-state index >= 15 is 0 Å². The molecule has 4 fully saturated rings. The zero-order chi connectivity index (χ0) is 15.4. The molecule has 3 N–H and O–H groups in total. The van der Waals surface area contributed by atoms with Crippen molar-refractivity contribution in [2.24, 2.45) is 5.92 Å². The largest absolute Gasteiger partial charge is 0.336 e. The lowest BCUT2D eigenvalue weighted by molar-refractivity contribution is 0.268. The van der Waals surface area contributed by atoms with E-state index in [2.05, 4.69) is 41.8 Å². The zero-order valence-electron chi connectivity index (χ0n) is 13.2. The Morgan fingerprint density at radius 1 is 1.30 bits per heavy atom. The van der Waals surface area contributed by atoms with Gasteiger partial charge >= 0.3 is 0 Å². The van der Waals surface area contributed by atoms with Gasteiger partial charge in [0, 0.05) is 42.5 Å². The van der Waals surface area contributed by atoms with Crippen molar-refractivity contribution in [3.63, 3.8) is 0 Å². The second-order valence-electron chi connectivity index (χ2n) is 6.88. The summed E-state index contributed by atoms with van der Waals surface area (Å²) in [6.45, 7) is 1.05. The maximum atomic E-state index is 4.69. The van der Waals surface area contributed by atoms with Gasteiger partial charge in [0.25, 0.3) is 0 Å². The summed E-state index contributed by atoms with van der Waals surface area (Å²) < 4.78 is 0. The van der Waals surface area contributed by atoms with Gasteiger partial charge < -0.3 is 15.5 Å². The normalized spacial score (nSPS) is 28.7. The fraction of sp³-hybridized carbons (Fsp3) is 0.562. The molecule has 7 nitrogen and oxygen atoms in total. The minimum Gasteiger partial charge on any atom is -0.336 e. The number of rotatable bonds is 5. The number of nitrogens with one attached hydrogen (secondary N) is 3. The molecule has 0 aromatic carbocycles. The molecule has 2 aromatic heterocycles. The Morgan fingerprint density at radius 2 is 2.22 bits per heavy atom. The molecule has 0 amide bonds. The van der Waals surface area contributed by atoms with Gasteiger partial charge in [-0.15, -0.1) is 0 Å². The Morgan fingerprint density at radius 3 is 3.00 bits per heavy atom. The van der Waals surface area contributed by atoms with E-state index in [0.29, 0.717) is 18.0 Å². The molecule has 4 aliphatic rings. The molecule has 7 heteroatoms. The molecule has 2 aromatic rings. The Hall–Kier alpha value is -2.15. The second kappa shape index (κ2) is 4.92. The molecule has 4 heterocycles. The van der Waals surface area contributed by atoms with Crippen LogP contribution in [0.2, 0.25) is 0 Å². The van der Waals surface area contributed by atoms with Crippen LogP contribution in [0.4, 0.5) is 17.6 Å². The molecular weight excluding hydrogens is 290 g/mol. The molecule has 2 saturated carbocycles. The summed E-state index contributed by atoms with van der Waals surface area (Å²) in [5, 5.41) is 14.1. The van der Waals surface area contributed by atoms with Crippen molar-refractivity contribution in [3.05, 3.63) is 24.0 Å². The van der Waals surface area contributed by atoms with Crippen molar-refractivity contribution < 1.29 is 0 Å². The molecule has 0 radical (unpaired) electrons. The Labute approximate surface area is 134 Å². The molecule has 0 spiro atoms. The SMILES string of the molecule is CN[C@H]1[C@@H]2C[C@H]1N(c1nccc(Nc3cc(C4CC4)[nH]n3)n1)C2. The monoisotopic (exact) mass is 311 g/mol. The number of anilines is 3. The topological polar surface area (TPSA) is 81.8 Å². The van der Waals surface area contributed by atoms with Crippen LogP contribution in [0.25, 0.3) is 0 Å². The number of aromatic amines is 1. The molecule has 23 heavy (non-hydrogen) atoms. The van der Waals surface area contributed by atoms with Gasteiger partial charge in [-0.1, -0.05) is 0 Å². The Kier molecular flexibility index (Phi) is 2.85. The standard InChI is InChI=1S/C16H21N7/c1-17-15-10-6-12(15)23(8-10)16-18-5-4-13(20-16)19-14-7-11(21-22-14)9-2-3-9/h4-5,7,9-10,12,15,17H,2-3,6,8H2,1H3,(H2,18,19,20,21,22)/t10-,12-,15+/m1/s1. The van der Waals surface area contributed by atoms with E-state index in [1.165, 1.54) is 25.0 Å². The van der Waals surface area contributed by atoms with Gasteiger partial charge in [0.05, 0.1) is 0 Å². The van der Waals surface area contributed by atoms with E-state index in [-0.39, 0.29) is 0 Å². The van der Waals surface area contributed by atoms with Crippen LogP contribution >= 0.6 is 0 Å². The number of H-pyrrole nitrogens is 1. The first-order valence-electron chi connectivity index (χ1n) is 8.41. The highest BCUT2D eigenvalue weighted by atomic mass is 15.4. The maximum Gasteiger partial charge on any atom is 0.227 e. The van der Waals surface area contributed by atoms with Crippen LogP contribution in [-0.2, 0) is 0 Å². The summed E-state index contributed by atoms with van der Waals surface area (Å²) in [4.78, 5) is 11.5. The third kappa shape index (κ3) is 2.18. The van der Waals surface area contributed by atoms with E-state index in [1.807, 2.05) is 19.3 Å². The average molecular weight is 311 g/mol. The number of likely N-dealkylation sites (N-methyl/N-ethyl adjacent to an activating group) is 1. The lowest BCUT2D eigenvalue weighted by Gasteiger charge is -2.36. The lowest BCUT2D eigenvalue weighted by atomic mass is 9.80. The predicted molar refractivity (Wildman–Crippen MR) is 88.0 cm³/mol. The van der Waals surface area contributed by atoms with Gasteiger partial charge in [-0.2, -0.15) is 10.1 Å². The number of nitrogens with zero attached hydrogens (tertiary/aromatic N) is 4. The first-order valence-corrected chi connectivity index (χ1v) is 8.41. The van der Waals surface area contributed by atoms with Gasteiger partial charge in [-0.25, -0.2) is 4.98 Å². The minimum absolute atomic E-state index is 0.534. The van der Waals surface area contributed by atoms with E-state index in [9.17, 15) is 0 Å². The van der Waals surface area contributed by atoms with Crippen LogP contribution in [0.5, 0.6) is 0 Å². The highest BCUT2D eigenvalue weighted by molar-refractivity contribution is 5.54. The van der Waals surface area contributed by atoms with Crippen molar-refractivity contribution in [1.82, 2.24) is 25.5 Å². The predicted octanol–water partition coefficient (Wildman–Crippen LogP) is 1.62. The van der Waals surface area contributed by atoms with E-state index < -0.39 is 0 Å². The molecule has 120 valence electrons. The molecule has 2 saturated heterocycles. The van der Waals surface area contributed by atoms with Crippen LogP contribution in [0, 0.1) is 5.92 Å². The van der Waals surface area contributed by atoms with E-state index in [1.54, 1.807) is 0 Å². The Bertz CT molecular complexity index is 723. The van der Waals surface area contributed by atoms with Crippen LogP contribution in [-0.4, -0.2) is 45.8 Å². The highest BCUT2D eigenvalue weighted by Crippen LogP contribution is 2.42. The van der Waals surface area contributed by atoms with Gasteiger partial charge in [-0.3, -0.25) is 5.10 Å². The van der Waals surface area contributed by atoms with Gasteiger partial charge in [0.1, 0.15) is 5.82 Å². The molecule has 2 aliphatic heterocycles. The van der Waals surface area contributed by atoms with Crippen LogP contribution in [0.3, 0.4) is 0 Å². The quantitative estimate of drug-likeness (QED) is 0.778. The molecule has 3 atom stereocenters. The van der Waals surface area contributed by atoms with Crippen molar-refractivity contribution in [1.29, 1.82) is 0 Å². The van der Waals surface area contributed by atoms with Crippen LogP contribution in [0.1, 0.15) is 30.9 Å². The van der Waals surface area contributed by atoms with Crippen molar-refractivity contribution in [3.8, 4) is 0 Å². The summed E-state index contributed by atoms with van der Waals surface area (Å²) >= 11 is 0.